The Morgan fingerprint density at radius 3 is 2.41 bits per heavy atom. The molecule has 3 aromatic rings. The average molecular weight is 452 g/mol. The zero-order valence-corrected chi connectivity index (χ0v) is 19.3. The second kappa shape index (κ2) is 10.7. The van der Waals surface area contributed by atoms with E-state index >= 15 is 0 Å². The van der Waals surface area contributed by atoms with Gasteiger partial charge in [-0.2, -0.15) is 0 Å². The largest absolute Gasteiger partial charge is 0.497 e. The van der Waals surface area contributed by atoms with E-state index in [2.05, 4.69) is 0 Å². The van der Waals surface area contributed by atoms with E-state index < -0.39 is 0 Å². The zero-order chi connectivity index (χ0) is 22.3. The topological polar surface area (TPSA) is 64.4 Å². The summed E-state index contributed by atoms with van der Waals surface area (Å²) < 4.78 is 6.91. The first-order valence-corrected chi connectivity index (χ1v) is 12.2. The van der Waals surface area contributed by atoms with Crippen LogP contribution in [-0.2, 0) is 11.3 Å². The molecule has 7 heteroatoms. The molecule has 2 heterocycles. The summed E-state index contributed by atoms with van der Waals surface area (Å²) in [4.78, 5) is 32.9. The molecule has 0 bridgehead atoms. The summed E-state index contributed by atoms with van der Waals surface area (Å²) in [6.07, 6.45) is 5.75. The monoisotopic (exact) mass is 451 g/mol. The lowest BCUT2D eigenvalue weighted by atomic mass is 10.1. The smallest absolute Gasteiger partial charge is 0.262 e. The summed E-state index contributed by atoms with van der Waals surface area (Å²) in [5.74, 6) is 1.18. The Morgan fingerprint density at radius 1 is 1.00 bits per heavy atom. The third-order valence-corrected chi connectivity index (χ3v) is 6.82. The average Bonchev–Trinajstić information content (AvgIpc) is 2.80. The van der Waals surface area contributed by atoms with E-state index in [0.717, 1.165) is 37.2 Å². The number of ether oxygens (including phenoxy) is 1. The number of aromatic nitrogens is 2. The van der Waals surface area contributed by atoms with Crippen LogP contribution < -0.4 is 10.3 Å². The van der Waals surface area contributed by atoms with Crippen molar-refractivity contribution in [2.24, 2.45) is 0 Å². The zero-order valence-electron chi connectivity index (χ0n) is 18.5. The number of thioether (sulfide) groups is 1. The number of hydrogen-bond acceptors (Lipinski definition) is 5. The van der Waals surface area contributed by atoms with Crippen molar-refractivity contribution in [1.29, 1.82) is 0 Å². The van der Waals surface area contributed by atoms with E-state index in [-0.39, 0.29) is 17.2 Å². The molecular formula is C25H29N3O3S. The minimum atomic E-state index is -0.0902. The molecule has 1 aliphatic rings. The van der Waals surface area contributed by atoms with Gasteiger partial charge in [0, 0.05) is 13.1 Å². The van der Waals surface area contributed by atoms with Crippen molar-refractivity contribution in [2.75, 3.05) is 26.0 Å². The lowest BCUT2D eigenvalue weighted by Gasteiger charge is -2.24. The van der Waals surface area contributed by atoms with Gasteiger partial charge in [0.25, 0.3) is 5.56 Å². The van der Waals surface area contributed by atoms with Crippen LogP contribution in [0.25, 0.3) is 10.9 Å². The highest BCUT2D eigenvalue weighted by Crippen LogP contribution is 2.21. The van der Waals surface area contributed by atoms with Crippen LogP contribution in [0.2, 0.25) is 0 Å². The number of nitrogens with zero attached hydrogens (tertiary/aromatic N) is 3. The maximum atomic E-state index is 13.3. The van der Waals surface area contributed by atoms with Crippen LogP contribution >= 0.6 is 11.8 Å². The Labute approximate surface area is 192 Å². The first-order valence-electron chi connectivity index (χ1n) is 11.2. The second-order valence-electron chi connectivity index (χ2n) is 8.09. The van der Waals surface area contributed by atoms with Crippen LogP contribution in [0.5, 0.6) is 5.75 Å². The highest BCUT2D eigenvalue weighted by molar-refractivity contribution is 7.99. The lowest BCUT2D eigenvalue weighted by molar-refractivity contribution is -0.128. The fraction of sp³-hybridized carbons (Fsp3) is 0.400. The SMILES string of the molecule is COc1ccc(Cn2c(SCC(=O)N3CCCCCCC3)nc3ccccc3c2=O)cc1. The van der Waals surface area contributed by atoms with Gasteiger partial charge < -0.3 is 9.64 Å². The Kier molecular flexibility index (Phi) is 7.47. The maximum absolute atomic E-state index is 13.3. The van der Waals surface area contributed by atoms with Gasteiger partial charge >= 0.3 is 0 Å². The molecule has 0 N–H and O–H groups in total. The van der Waals surface area contributed by atoms with Gasteiger partial charge in [-0.1, -0.05) is 55.3 Å². The van der Waals surface area contributed by atoms with Gasteiger partial charge in [-0.05, 0) is 42.7 Å². The number of rotatable bonds is 6. The third kappa shape index (κ3) is 5.33. The van der Waals surface area contributed by atoms with E-state index in [1.54, 1.807) is 17.7 Å². The first kappa shape index (κ1) is 22.4. The van der Waals surface area contributed by atoms with Crippen LogP contribution in [0.4, 0.5) is 0 Å². The first-order chi connectivity index (χ1) is 15.7. The summed E-state index contributed by atoms with van der Waals surface area (Å²) in [7, 11) is 1.63. The molecular weight excluding hydrogens is 422 g/mol. The van der Waals surface area contributed by atoms with Crippen molar-refractivity contribution in [3.05, 3.63) is 64.4 Å². The minimum Gasteiger partial charge on any atom is -0.497 e. The molecule has 1 fully saturated rings. The van der Waals surface area contributed by atoms with Crippen molar-refractivity contribution >= 4 is 28.6 Å². The molecule has 0 unspecified atom stereocenters. The summed E-state index contributed by atoms with van der Waals surface area (Å²) in [5.41, 5.74) is 1.54. The van der Waals surface area contributed by atoms with Gasteiger partial charge in [0.05, 0.1) is 30.3 Å². The maximum Gasteiger partial charge on any atom is 0.262 e. The number of fused-ring (bicyclic) bond motifs is 1. The number of likely N-dealkylation sites (tertiary alicyclic amines) is 1. The van der Waals surface area contributed by atoms with Gasteiger partial charge in [0.15, 0.2) is 5.16 Å². The Balaban J connectivity index is 1.59. The van der Waals surface area contributed by atoms with Gasteiger partial charge in [-0.25, -0.2) is 4.98 Å². The van der Waals surface area contributed by atoms with Crippen molar-refractivity contribution < 1.29 is 9.53 Å². The lowest BCUT2D eigenvalue weighted by Crippen LogP contribution is -2.35. The van der Waals surface area contributed by atoms with E-state index in [4.69, 9.17) is 9.72 Å². The predicted octanol–water partition coefficient (Wildman–Crippen LogP) is 4.34. The van der Waals surface area contributed by atoms with Crippen molar-refractivity contribution in [1.82, 2.24) is 14.5 Å². The second-order valence-corrected chi connectivity index (χ2v) is 9.03. The number of hydrogen-bond donors (Lipinski definition) is 0. The van der Waals surface area contributed by atoms with Crippen LogP contribution in [0, 0.1) is 0 Å². The molecule has 32 heavy (non-hydrogen) atoms. The third-order valence-electron chi connectivity index (χ3n) is 5.86. The molecule has 0 aliphatic carbocycles. The van der Waals surface area contributed by atoms with Crippen LogP contribution in [0.3, 0.4) is 0 Å². The molecule has 1 aromatic heterocycles. The molecule has 0 radical (unpaired) electrons. The highest BCUT2D eigenvalue weighted by atomic mass is 32.2. The molecule has 2 aromatic carbocycles. The molecule has 1 saturated heterocycles. The number of carbonyl (C=O) groups is 1. The van der Waals surface area contributed by atoms with Crippen molar-refractivity contribution in [3.63, 3.8) is 0 Å². The summed E-state index contributed by atoms with van der Waals surface area (Å²) in [6, 6.07) is 15.0. The molecule has 0 saturated carbocycles. The Morgan fingerprint density at radius 2 is 1.69 bits per heavy atom. The van der Waals surface area contributed by atoms with E-state index in [9.17, 15) is 9.59 Å². The van der Waals surface area contributed by atoms with Gasteiger partial charge in [-0.3, -0.25) is 14.2 Å². The minimum absolute atomic E-state index is 0.0902. The number of para-hydroxylation sites is 1. The van der Waals surface area contributed by atoms with Crippen molar-refractivity contribution in [3.8, 4) is 5.75 Å². The van der Waals surface area contributed by atoms with Gasteiger partial charge in [0.2, 0.25) is 5.91 Å². The van der Waals surface area contributed by atoms with E-state index in [1.165, 1.54) is 31.0 Å². The van der Waals surface area contributed by atoms with Gasteiger partial charge in [-0.15, -0.1) is 0 Å². The molecule has 1 aliphatic heterocycles. The Bertz CT molecular complexity index is 1120. The summed E-state index contributed by atoms with van der Waals surface area (Å²) in [5, 5.41) is 1.16. The number of benzene rings is 2. The fourth-order valence-electron chi connectivity index (χ4n) is 4.03. The molecule has 0 atom stereocenters. The molecule has 1 amide bonds. The molecule has 6 nitrogen and oxygen atoms in total. The van der Waals surface area contributed by atoms with Crippen LogP contribution in [-0.4, -0.2) is 46.3 Å². The van der Waals surface area contributed by atoms with E-state index in [1.807, 2.05) is 47.4 Å². The fourth-order valence-corrected chi connectivity index (χ4v) is 4.93. The molecule has 168 valence electrons. The van der Waals surface area contributed by atoms with Crippen LogP contribution in [0.1, 0.15) is 37.7 Å². The number of amides is 1. The summed E-state index contributed by atoms with van der Waals surface area (Å²) in [6.45, 7) is 2.04. The predicted molar refractivity (Wildman–Crippen MR) is 128 cm³/mol. The van der Waals surface area contributed by atoms with Gasteiger partial charge in [0.1, 0.15) is 5.75 Å². The number of methoxy groups -OCH3 is 1. The quantitative estimate of drug-likeness (QED) is 0.412. The Hall–Kier alpha value is -2.80. The standard InChI is InChI=1S/C25H29N3O3S/c1-31-20-13-11-19(12-14-20)17-28-24(30)21-9-5-6-10-22(21)26-25(28)32-18-23(29)27-15-7-3-2-4-8-16-27/h5-6,9-14H,2-4,7-8,15-18H2,1H3. The van der Waals surface area contributed by atoms with Crippen LogP contribution in [0.15, 0.2) is 58.5 Å². The van der Waals surface area contributed by atoms with E-state index in [0.29, 0.717) is 22.6 Å². The number of carbonyl (C=O) groups excluding carboxylic acids is 1. The summed E-state index contributed by atoms with van der Waals surface area (Å²) >= 11 is 1.35. The molecule has 4 rings (SSSR count). The van der Waals surface area contributed by atoms with Crippen molar-refractivity contribution in [2.45, 2.75) is 43.8 Å². The highest BCUT2D eigenvalue weighted by Gasteiger charge is 2.18. The molecule has 0 spiro atoms. The normalized spacial score (nSPS) is 14.7.